The molecule has 0 aliphatic rings. The highest BCUT2D eigenvalue weighted by atomic mass is 35.5. The fourth-order valence-electron chi connectivity index (χ4n) is 2.55. The van der Waals surface area contributed by atoms with E-state index in [1.165, 1.54) is 48.2 Å². The molecule has 0 fully saturated rings. The van der Waals surface area contributed by atoms with Crippen molar-refractivity contribution in [3.63, 3.8) is 0 Å². The van der Waals surface area contributed by atoms with Crippen LogP contribution >= 0.6 is 11.6 Å². The smallest absolute Gasteiger partial charge is 0.387 e. The molecular formula is C19H15ClF3N3O3. The van der Waals surface area contributed by atoms with Gasteiger partial charge in [0.25, 0.3) is 5.91 Å². The van der Waals surface area contributed by atoms with Gasteiger partial charge in [0, 0.05) is 28.4 Å². The molecule has 1 amide bonds. The van der Waals surface area contributed by atoms with Crippen LogP contribution in [-0.4, -0.2) is 29.4 Å². The highest BCUT2D eigenvalue weighted by Crippen LogP contribution is 2.29. The molecule has 152 valence electrons. The Morgan fingerprint density at radius 2 is 2.03 bits per heavy atom. The van der Waals surface area contributed by atoms with Crippen molar-refractivity contribution in [3.8, 4) is 11.5 Å². The van der Waals surface area contributed by atoms with Gasteiger partial charge in [0.05, 0.1) is 13.7 Å². The molecule has 1 heterocycles. The van der Waals surface area contributed by atoms with E-state index in [1.807, 2.05) is 0 Å². The van der Waals surface area contributed by atoms with Gasteiger partial charge in [-0.15, -0.1) is 0 Å². The summed E-state index contributed by atoms with van der Waals surface area (Å²) in [6.07, 6.45) is 1.55. The number of halogens is 4. The number of hydrogen-bond donors (Lipinski definition) is 1. The number of anilines is 1. The lowest BCUT2D eigenvalue weighted by molar-refractivity contribution is -0.0512. The molecule has 6 nitrogen and oxygen atoms in total. The van der Waals surface area contributed by atoms with Crippen molar-refractivity contribution in [3.05, 3.63) is 70.6 Å². The summed E-state index contributed by atoms with van der Waals surface area (Å²) in [6, 6.07) is 9.68. The molecule has 3 aromatic rings. The topological polar surface area (TPSA) is 65.4 Å². The number of alkyl halides is 2. The predicted octanol–water partition coefficient (Wildman–Crippen LogP) is 4.59. The van der Waals surface area contributed by atoms with E-state index in [2.05, 4.69) is 15.2 Å². The Labute approximate surface area is 168 Å². The van der Waals surface area contributed by atoms with E-state index in [0.29, 0.717) is 0 Å². The number of carbonyl (C=O) groups is 1. The summed E-state index contributed by atoms with van der Waals surface area (Å²) in [6.45, 7) is -2.94. The number of hydrogen-bond acceptors (Lipinski definition) is 4. The Bertz CT molecular complexity index is 1010. The Morgan fingerprint density at radius 3 is 2.72 bits per heavy atom. The Balaban J connectivity index is 1.72. The number of amides is 1. The van der Waals surface area contributed by atoms with Crippen molar-refractivity contribution < 1.29 is 27.4 Å². The minimum absolute atomic E-state index is 0.0160. The maximum atomic E-state index is 13.9. The van der Waals surface area contributed by atoms with Gasteiger partial charge < -0.3 is 14.8 Å². The summed E-state index contributed by atoms with van der Waals surface area (Å²) in [4.78, 5) is 12.4. The number of aromatic nitrogens is 2. The van der Waals surface area contributed by atoms with Crippen LogP contribution in [0, 0.1) is 5.82 Å². The van der Waals surface area contributed by atoms with Crippen LogP contribution in [0.3, 0.4) is 0 Å². The van der Waals surface area contributed by atoms with Crippen molar-refractivity contribution in [2.24, 2.45) is 0 Å². The van der Waals surface area contributed by atoms with Crippen molar-refractivity contribution in [2.45, 2.75) is 13.2 Å². The number of methoxy groups -OCH3 is 1. The molecule has 29 heavy (non-hydrogen) atoms. The average molecular weight is 426 g/mol. The van der Waals surface area contributed by atoms with Gasteiger partial charge >= 0.3 is 6.61 Å². The molecule has 1 aromatic heterocycles. The lowest BCUT2D eigenvalue weighted by Gasteiger charge is -2.11. The number of carbonyl (C=O) groups excluding carboxylic acids is 1. The fraction of sp³-hybridized carbons (Fsp3) is 0.158. The fourth-order valence-corrected chi connectivity index (χ4v) is 2.78. The number of nitrogens with zero attached hydrogens (tertiary/aromatic N) is 2. The monoisotopic (exact) mass is 425 g/mol. The summed E-state index contributed by atoms with van der Waals surface area (Å²) < 4.78 is 49.4. The standard InChI is InChI=1S/C19H15ClF3N3O3/c1-28-16-9-11(5-6-15(16)29-19(22)23)18(27)24-17-7-8-26(25-17)10-12-13(20)3-2-4-14(12)21/h2-9,19H,10H2,1H3,(H,24,25,27). The molecule has 0 saturated heterocycles. The quantitative estimate of drug-likeness (QED) is 0.601. The van der Waals surface area contributed by atoms with E-state index >= 15 is 0 Å². The van der Waals surface area contributed by atoms with Crippen LogP contribution in [0.15, 0.2) is 48.7 Å². The second-order valence-electron chi connectivity index (χ2n) is 5.80. The van der Waals surface area contributed by atoms with Gasteiger partial charge in [0.2, 0.25) is 0 Å². The van der Waals surface area contributed by atoms with E-state index in [-0.39, 0.29) is 40.0 Å². The van der Waals surface area contributed by atoms with Crippen LogP contribution in [-0.2, 0) is 6.54 Å². The maximum absolute atomic E-state index is 13.9. The Morgan fingerprint density at radius 1 is 1.24 bits per heavy atom. The van der Waals surface area contributed by atoms with E-state index in [0.717, 1.165) is 0 Å². The zero-order valence-electron chi connectivity index (χ0n) is 15.0. The van der Waals surface area contributed by atoms with Gasteiger partial charge in [-0.2, -0.15) is 13.9 Å². The average Bonchev–Trinajstić information content (AvgIpc) is 3.11. The molecule has 0 unspecified atom stereocenters. The Kier molecular flexibility index (Phi) is 6.28. The van der Waals surface area contributed by atoms with E-state index in [1.54, 1.807) is 12.3 Å². The number of benzene rings is 2. The second kappa shape index (κ2) is 8.87. The normalized spacial score (nSPS) is 10.8. The molecule has 0 saturated carbocycles. The van der Waals surface area contributed by atoms with Gasteiger partial charge in [0.15, 0.2) is 17.3 Å². The SMILES string of the molecule is COc1cc(C(=O)Nc2ccn(Cc3c(F)cccc3Cl)n2)ccc1OC(F)F. The molecule has 0 spiro atoms. The zero-order chi connectivity index (χ0) is 21.0. The zero-order valence-corrected chi connectivity index (χ0v) is 15.8. The minimum atomic E-state index is -3.02. The molecule has 1 N–H and O–H groups in total. The lowest BCUT2D eigenvalue weighted by atomic mass is 10.2. The summed E-state index contributed by atoms with van der Waals surface area (Å²) in [5, 5.41) is 6.99. The predicted molar refractivity (Wildman–Crippen MR) is 100 cm³/mol. The van der Waals surface area contributed by atoms with Crippen LogP contribution < -0.4 is 14.8 Å². The van der Waals surface area contributed by atoms with Crippen molar-refractivity contribution in [1.29, 1.82) is 0 Å². The third-order valence-electron chi connectivity index (χ3n) is 3.91. The van der Waals surface area contributed by atoms with Crippen LogP contribution in [0.25, 0.3) is 0 Å². The molecule has 0 aliphatic heterocycles. The van der Waals surface area contributed by atoms with Crippen LogP contribution in [0.4, 0.5) is 19.0 Å². The van der Waals surface area contributed by atoms with Crippen LogP contribution in [0.1, 0.15) is 15.9 Å². The third kappa shape index (κ3) is 5.00. The molecule has 10 heteroatoms. The highest BCUT2D eigenvalue weighted by molar-refractivity contribution is 6.31. The molecule has 0 aliphatic carbocycles. The van der Waals surface area contributed by atoms with E-state index in [9.17, 15) is 18.0 Å². The van der Waals surface area contributed by atoms with Crippen molar-refractivity contribution in [1.82, 2.24) is 9.78 Å². The first-order valence-electron chi connectivity index (χ1n) is 8.28. The first kappa shape index (κ1) is 20.5. The number of rotatable bonds is 7. The molecule has 3 rings (SSSR count). The summed E-state index contributed by atoms with van der Waals surface area (Å²) >= 11 is 6.00. The van der Waals surface area contributed by atoms with Crippen molar-refractivity contribution >= 4 is 23.3 Å². The van der Waals surface area contributed by atoms with Crippen molar-refractivity contribution in [2.75, 3.05) is 12.4 Å². The number of ether oxygens (including phenoxy) is 2. The molecule has 0 atom stereocenters. The second-order valence-corrected chi connectivity index (χ2v) is 6.20. The van der Waals surface area contributed by atoms with Crippen LogP contribution in [0.2, 0.25) is 5.02 Å². The number of nitrogens with one attached hydrogen (secondary N) is 1. The summed E-state index contributed by atoms with van der Waals surface area (Å²) in [7, 11) is 1.27. The van der Waals surface area contributed by atoms with Gasteiger partial charge in [0.1, 0.15) is 5.82 Å². The maximum Gasteiger partial charge on any atom is 0.387 e. The van der Waals surface area contributed by atoms with E-state index < -0.39 is 18.3 Å². The van der Waals surface area contributed by atoms with E-state index in [4.69, 9.17) is 16.3 Å². The van der Waals surface area contributed by atoms with Gasteiger partial charge in [-0.25, -0.2) is 4.39 Å². The third-order valence-corrected chi connectivity index (χ3v) is 4.26. The largest absolute Gasteiger partial charge is 0.493 e. The minimum Gasteiger partial charge on any atom is -0.493 e. The summed E-state index contributed by atoms with van der Waals surface area (Å²) in [5.74, 6) is -0.991. The lowest BCUT2D eigenvalue weighted by Crippen LogP contribution is -2.13. The first-order chi connectivity index (χ1) is 13.9. The highest BCUT2D eigenvalue weighted by Gasteiger charge is 2.15. The molecule has 0 radical (unpaired) electrons. The Hall–Kier alpha value is -3.20. The van der Waals surface area contributed by atoms with Crippen LogP contribution in [0.5, 0.6) is 11.5 Å². The summed E-state index contributed by atoms with van der Waals surface area (Å²) in [5.41, 5.74) is 0.421. The van der Waals surface area contributed by atoms with Gasteiger partial charge in [-0.1, -0.05) is 17.7 Å². The molecular weight excluding hydrogens is 411 g/mol. The van der Waals surface area contributed by atoms with Gasteiger partial charge in [-0.3, -0.25) is 9.48 Å². The molecule has 2 aromatic carbocycles. The molecule has 0 bridgehead atoms. The first-order valence-corrected chi connectivity index (χ1v) is 8.65. The van der Waals surface area contributed by atoms with Gasteiger partial charge in [-0.05, 0) is 30.3 Å².